The van der Waals surface area contributed by atoms with Gasteiger partial charge in [0.1, 0.15) is 0 Å². The summed E-state index contributed by atoms with van der Waals surface area (Å²) in [4.78, 5) is 13.4. The number of hydrogen-bond donors (Lipinski definition) is 3. The predicted molar refractivity (Wildman–Crippen MR) is 54.2 cm³/mol. The number of carbonyl (C=O) groups excluding carboxylic acids is 1. The largest absolute Gasteiger partial charge is 0.388 e. The van der Waals surface area contributed by atoms with Crippen molar-refractivity contribution < 1.29 is 15.0 Å². The predicted octanol–water partition coefficient (Wildman–Crippen LogP) is -1.53. The van der Waals surface area contributed by atoms with Crippen molar-refractivity contribution in [2.24, 2.45) is 0 Å². The molecule has 0 radical (unpaired) electrons. The summed E-state index contributed by atoms with van der Waals surface area (Å²) in [5, 5.41) is 21.8. The number of hydrogen-bond acceptors (Lipinski definition) is 4. The Balaban J connectivity index is 2.03. The Bertz CT molecular complexity index is 298. The van der Waals surface area contributed by atoms with Crippen molar-refractivity contribution in [2.45, 2.75) is 19.1 Å². The third-order valence-corrected chi connectivity index (χ3v) is 3.07. The zero-order chi connectivity index (χ0) is 11.0. The van der Waals surface area contributed by atoms with Gasteiger partial charge in [-0.3, -0.25) is 4.79 Å². The second-order valence-corrected chi connectivity index (χ2v) is 4.18. The minimum Gasteiger partial charge on any atom is -0.388 e. The number of amides is 1. The lowest BCUT2D eigenvalue weighted by atomic mass is 10.0. The number of likely N-dealkylation sites (tertiary alicyclic amines) is 1. The van der Waals surface area contributed by atoms with E-state index >= 15 is 0 Å². The molecule has 2 atom stereocenters. The lowest BCUT2D eigenvalue weighted by Crippen LogP contribution is -2.38. The molecule has 0 aliphatic carbocycles. The van der Waals surface area contributed by atoms with Gasteiger partial charge in [0.2, 0.25) is 5.91 Å². The van der Waals surface area contributed by atoms with Crippen LogP contribution < -0.4 is 5.32 Å². The van der Waals surface area contributed by atoms with Gasteiger partial charge in [-0.05, 0) is 12.5 Å². The molecule has 0 aromatic rings. The molecule has 2 aliphatic heterocycles. The maximum Gasteiger partial charge on any atom is 0.249 e. The summed E-state index contributed by atoms with van der Waals surface area (Å²) in [6, 6.07) is 0. The lowest BCUT2D eigenvalue weighted by Gasteiger charge is -2.24. The van der Waals surface area contributed by atoms with Gasteiger partial charge in [0.05, 0.1) is 12.2 Å². The van der Waals surface area contributed by atoms with Gasteiger partial charge in [0.15, 0.2) is 0 Å². The Kier molecular flexibility index (Phi) is 2.77. The van der Waals surface area contributed by atoms with E-state index in [-0.39, 0.29) is 19.0 Å². The second kappa shape index (κ2) is 3.92. The van der Waals surface area contributed by atoms with Crippen molar-refractivity contribution in [1.82, 2.24) is 10.2 Å². The number of rotatable bonds is 1. The van der Waals surface area contributed by atoms with Gasteiger partial charge in [0, 0.05) is 31.8 Å². The number of aliphatic hydroxyl groups excluding tert-OH is 2. The highest BCUT2D eigenvalue weighted by Crippen LogP contribution is 2.16. The summed E-state index contributed by atoms with van der Waals surface area (Å²) >= 11 is 0. The molecule has 2 saturated heterocycles. The van der Waals surface area contributed by atoms with Gasteiger partial charge in [-0.25, -0.2) is 0 Å². The van der Waals surface area contributed by atoms with E-state index in [2.05, 4.69) is 5.32 Å². The smallest absolute Gasteiger partial charge is 0.249 e. The number of carbonyl (C=O) groups is 1. The molecule has 2 fully saturated rings. The van der Waals surface area contributed by atoms with E-state index in [1.807, 2.05) is 0 Å². The number of aliphatic hydroxyl groups is 2. The number of nitrogens with one attached hydrogen (secondary N) is 1. The zero-order valence-corrected chi connectivity index (χ0v) is 8.73. The molecule has 0 bridgehead atoms. The Hall–Kier alpha value is -0.910. The first-order valence-electron chi connectivity index (χ1n) is 5.14. The van der Waals surface area contributed by atoms with Gasteiger partial charge in [-0.1, -0.05) is 0 Å². The monoisotopic (exact) mass is 212 g/mol. The summed E-state index contributed by atoms with van der Waals surface area (Å²) in [7, 11) is 0. The zero-order valence-electron chi connectivity index (χ0n) is 8.73. The molecule has 0 spiro atoms. The molecule has 2 heterocycles. The minimum absolute atomic E-state index is 0.0675. The fourth-order valence-corrected chi connectivity index (χ4v) is 1.84. The van der Waals surface area contributed by atoms with Crippen LogP contribution in [0.3, 0.4) is 0 Å². The second-order valence-electron chi connectivity index (χ2n) is 4.18. The summed E-state index contributed by atoms with van der Waals surface area (Å²) < 4.78 is 0. The lowest BCUT2D eigenvalue weighted by molar-refractivity contribution is -0.126. The van der Waals surface area contributed by atoms with Crippen LogP contribution in [0.5, 0.6) is 0 Å². The van der Waals surface area contributed by atoms with Crippen LogP contribution in [0.2, 0.25) is 0 Å². The fraction of sp³-hybridized carbons (Fsp3) is 0.700. The van der Waals surface area contributed by atoms with Gasteiger partial charge in [-0.15, -0.1) is 0 Å². The highest BCUT2D eigenvalue weighted by Gasteiger charge is 2.33. The number of nitrogens with zero attached hydrogens (tertiary/aromatic N) is 1. The molecule has 0 aromatic carbocycles. The van der Waals surface area contributed by atoms with E-state index in [9.17, 15) is 15.0 Å². The van der Waals surface area contributed by atoms with Crippen molar-refractivity contribution in [1.29, 1.82) is 0 Å². The first-order valence-corrected chi connectivity index (χ1v) is 5.14. The highest BCUT2D eigenvalue weighted by atomic mass is 16.3. The Morgan fingerprint density at radius 3 is 2.27 bits per heavy atom. The summed E-state index contributed by atoms with van der Waals surface area (Å²) in [5.41, 5.74) is 1.87. The van der Waals surface area contributed by atoms with E-state index in [4.69, 9.17) is 0 Å². The van der Waals surface area contributed by atoms with Gasteiger partial charge in [0.25, 0.3) is 0 Å². The molecule has 1 amide bonds. The molecular formula is C10H16N2O3. The highest BCUT2D eigenvalue weighted by molar-refractivity contribution is 5.94. The maximum atomic E-state index is 11.9. The Labute approximate surface area is 88.4 Å². The van der Waals surface area contributed by atoms with Crippen LogP contribution in [0.4, 0.5) is 0 Å². The third-order valence-electron chi connectivity index (χ3n) is 3.07. The quantitative estimate of drug-likeness (QED) is 0.461. The summed E-state index contributed by atoms with van der Waals surface area (Å²) in [6.45, 7) is 3.82. The van der Waals surface area contributed by atoms with Crippen molar-refractivity contribution in [3.05, 3.63) is 11.1 Å². The topological polar surface area (TPSA) is 72.8 Å². The van der Waals surface area contributed by atoms with E-state index in [1.165, 1.54) is 4.90 Å². The van der Waals surface area contributed by atoms with Crippen LogP contribution in [0.25, 0.3) is 0 Å². The minimum atomic E-state index is -0.800. The number of β-amino-alcohol motifs (C(OH)–C–C–N with tert-alkyl or cyclic N) is 2. The molecule has 2 unspecified atom stereocenters. The molecule has 2 aliphatic rings. The molecule has 5 nitrogen and oxygen atoms in total. The molecule has 2 rings (SSSR count). The van der Waals surface area contributed by atoms with Gasteiger partial charge < -0.3 is 20.4 Å². The van der Waals surface area contributed by atoms with Crippen LogP contribution in [0.1, 0.15) is 6.92 Å². The first-order chi connectivity index (χ1) is 7.09. The summed E-state index contributed by atoms with van der Waals surface area (Å²) in [5.74, 6) is -0.0675. The van der Waals surface area contributed by atoms with E-state index < -0.39 is 12.2 Å². The van der Waals surface area contributed by atoms with Crippen molar-refractivity contribution in [3.8, 4) is 0 Å². The van der Waals surface area contributed by atoms with Crippen LogP contribution in [-0.4, -0.2) is 59.4 Å². The third kappa shape index (κ3) is 1.90. The molecule has 5 heteroatoms. The molecule has 0 aromatic heterocycles. The van der Waals surface area contributed by atoms with Crippen LogP contribution in [0.15, 0.2) is 11.1 Å². The van der Waals surface area contributed by atoms with E-state index in [0.717, 1.165) is 24.2 Å². The SMILES string of the molecule is CC(C(=O)N1CC(O)C(O)C1)=C1CNC1. The molecule has 15 heavy (non-hydrogen) atoms. The van der Waals surface area contributed by atoms with Crippen molar-refractivity contribution in [2.75, 3.05) is 26.2 Å². The van der Waals surface area contributed by atoms with Crippen LogP contribution >= 0.6 is 0 Å². The van der Waals surface area contributed by atoms with E-state index in [0.29, 0.717) is 0 Å². The van der Waals surface area contributed by atoms with Crippen LogP contribution in [-0.2, 0) is 4.79 Å². The van der Waals surface area contributed by atoms with Crippen LogP contribution in [0, 0.1) is 0 Å². The van der Waals surface area contributed by atoms with Gasteiger partial charge >= 0.3 is 0 Å². The normalized spacial score (nSPS) is 30.3. The summed E-state index contributed by atoms with van der Waals surface area (Å²) in [6.07, 6.45) is -1.60. The maximum absolute atomic E-state index is 11.9. The van der Waals surface area contributed by atoms with E-state index in [1.54, 1.807) is 6.92 Å². The molecule has 3 N–H and O–H groups in total. The standard InChI is InChI=1S/C10H16N2O3/c1-6(7-2-11-3-7)10(15)12-4-8(13)9(14)5-12/h8-9,11,13-14H,2-5H2,1H3. The average molecular weight is 212 g/mol. The van der Waals surface area contributed by atoms with Gasteiger partial charge in [-0.2, -0.15) is 0 Å². The molecule has 0 saturated carbocycles. The molecule has 84 valence electrons. The molecular weight excluding hydrogens is 196 g/mol. The first kappa shape index (κ1) is 10.6. The average Bonchev–Trinajstić information content (AvgIpc) is 2.43. The van der Waals surface area contributed by atoms with Crippen molar-refractivity contribution >= 4 is 5.91 Å². The Morgan fingerprint density at radius 1 is 1.33 bits per heavy atom. The Morgan fingerprint density at radius 2 is 1.87 bits per heavy atom. The van der Waals surface area contributed by atoms with Crippen molar-refractivity contribution in [3.63, 3.8) is 0 Å². The fourth-order valence-electron chi connectivity index (χ4n) is 1.84.